The third kappa shape index (κ3) is 40.2. The molecule has 0 bridgehead atoms. The second-order valence-electron chi connectivity index (χ2n) is 22.1. The molecule has 0 aromatic heterocycles. The Kier molecular flexibility index (Phi) is 46.2. The van der Waals surface area contributed by atoms with Crippen molar-refractivity contribution in [2.45, 2.75) is 335 Å². The first-order valence-corrected chi connectivity index (χ1v) is 30.9. The number of hydrogen-bond acceptors (Lipinski definition) is 4. The number of aliphatic hydroxyl groups is 1. The summed E-state index contributed by atoms with van der Waals surface area (Å²) in [4.78, 5) is 33.9. The first-order valence-electron chi connectivity index (χ1n) is 30.9. The first kappa shape index (κ1) is 63.9. The topological polar surface area (TPSA) is 64.1 Å². The molecule has 0 heterocycles. The number of unbranched alkanes of at least 4 members (excludes halogenated alkanes) is 36. The van der Waals surface area contributed by atoms with Gasteiger partial charge in [0.25, 0.3) is 0 Å². The summed E-state index contributed by atoms with van der Waals surface area (Å²) < 4.78 is 0. The van der Waals surface area contributed by atoms with Gasteiger partial charge in [0.05, 0.1) is 5.60 Å². The van der Waals surface area contributed by atoms with Crippen molar-refractivity contribution in [1.82, 2.24) is 14.7 Å². The van der Waals surface area contributed by atoms with E-state index in [0.717, 1.165) is 104 Å². The van der Waals surface area contributed by atoms with Crippen LogP contribution in [-0.2, 0) is 9.59 Å². The van der Waals surface area contributed by atoms with Gasteiger partial charge in [-0.2, -0.15) is 0 Å². The monoisotopic (exact) mass is 944 g/mol. The summed E-state index contributed by atoms with van der Waals surface area (Å²) in [5.74, 6) is 0.810. The van der Waals surface area contributed by atoms with Crippen LogP contribution >= 0.6 is 0 Å². The molecule has 0 atom stereocenters. The van der Waals surface area contributed by atoms with Gasteiger partial charge in [0.1, 0.15) is 0 Å². The summed E-state index contributed by atoms with van der Waals surface area (Å²) in [7, 11) is 0. The smallest absolute Gasteiger partial charge is 0.222 e. The fraction of sp³-hybridized carbons (Fsp3) is 0.967. The lowest BCUT2D eigenvalue weighted by molar-refractivity contribution is -0.132. The summed E-state index contributed by atoms with van der Waals surface area (Å²) in [5.41, 5.74) is -0.467. The molecule has 398 valence electrons. The molecule has 6 heteroatoms. The van der Waals surface area contributed by atoms with E-state index < -0.39 is 5.60 Å². The first-order chi connectivity index (χ1) is 32.9. The molecule has 67 heavy (non-hydrogen) atoms. The van der Waals surface area contributed by atoms with Crippen molar-refractivity contribution in [3.63, 3.8) is 0 Å². The van der Waals surface area contributed by atoms with Crippen molar-refractivity contribution in [2.24, 2.45) is 0 Å². The lowest BCUT2D eigenvalue weighted by Crippen LogP contribution is -2.48. The molecule has 0 spiro atoms. The molecule has 1 aliphatic carbocycles. The molecule has 2 amide bonds. The van der Waals surface area contributed by atoms with Crippen LogP contribution in [0, 0.1) is 0 Å². The van der Waals surface area contributed by atoms with E-state index in [2.05, 4.69) is 42.4 Å². The molecule has 0 radical (unpaired) electrons. The summed E-state index contributed by atoms with van der Waals surface area (Å²) in [6.07, 6.45) is 58.2. The van der Waals surface area contributed by atoms with E-state index in [1.165, 1.54) is 244 Å². The lowest BCUT2D eigenvalue weighted by Gasteiger charge is -2.40. The van der Waals surface area contributed by atoms with Gasteiger partial charge in [-0.3, -0.25) is 9.59 Å². The van der Waals surface area contributed by atoms with Crippen LogP contribution in [0.3, 0.4) is 0 Å². The number of rotatable bonds is 54. The standard InChI is InChI=1S/C61H121N3O3/c1-5-9-13-17-21-25-35-43-54-63(55-44-36-26-22-18-14-10-6-2)59(65)48-39-31-29-33-41-52-62(58-61(67)50-47-51-61)53-42-34-30-32-40-49-60(66)64(56-45-37-27-23-19-15-11-7-3)57-46-38-28-24-20-16-12-8-4/h67H,5-58H2,1-4H3. The largest absolute Gasteiger partial charge is 0.389 e. The lowest BCUT2D eigenvalue weighted by atomic mass is 9.80. The molecule has 1 rings (SSSR count). The van der Waals surface area contributed by atoms with Gasteiger partial charge in [0, 0.05) is 45.6 Å². The minimum absolute atomic E-state index is 0.405. The van der Waals surface area contributed by atoms with E-state index in [1.807, 2.05) is 0 Å². The van der Waals surface area contributed by atoms with Gasteiger partial charge in [-0.1, -0.05) is 246 Å². The van der Waals surface area contributed by atoms with Crippen molar-refractivity contribution in [3.05, 3.63) is 0 Å². The Hall–Kier alpha value is -1.14. The molecule has 1 aliphatic rings. The Morgan fingerprint density at radius 2 is 0.552 bits per heavy atom. The van der Waals surface area contributed by atoms with E-state index >= 15 is 0 Å². The molecule has 6 nitrogen and oxygen atoms in total. The van der Waals surface area contributed by atoms with Gasteiger partial charge in [0.15, 0.2) is 0 Å². The highest BCUT2D eigenvalue weighted by Gasteiger charge is 2.35. The molecule has 0 saturated heterocycles. The van der Waals surface area contributed by atoms with Gasteiger partial charge < -0.3 is 19.8 Å². The van der Waals surface area contributed by atoms with E-state index in [1.54, 1.807) is 0 Å². The third-order valence-electron chi connectivity index (χ3n) is 15.4. The van der Waals surface area contributed by atoms with E-state index in [4.69, 9.17) is 0 Å². The normalized spacial score (nSPS) is 13.4. The fourth-order valence-electron chi connectivity index (χ4n) is 10.5. The van der Waals surface area contributed by atoms with Crippen LogP contribution in [0.1, 0.15) is 329 Å². The Morgan fingerprint density at radius 3 is 0.791 bits per heavy atom. The van der Waals surface area contributed by atoms with Crippen LogP contribution in [0.25, 0.3) is 0 Å². The van der Waals surface area contributed by atoms with Gasteiger partial charge in [-0.05, 0) is 83.7 Å². The quantitative estimate of drug-likeness (QED) is 0.0617. The van der Waals surface area contributed by atoms with Gasteiger partial charge in [0.2, 0.25) is 11.8 Å². The average molecular weight is 945 g/mol. The zero-order valence-corrected chi connectivity index (χ0v) is 46.3. The van der Waals surface area contributed by atoms with E-state index in [0.29, 0.717) is 11.8 Å². The summed E-state index contributed by atoms with van der Waals surface area (Å²) in [5, 5.41) is 11.1. The Bertz CT molecular complexity index is 938. The predicted molar refractivity (Wildman–Crippen MR) is 294 cm³/mol. The maximum Gasteiger partial charge on any atom is 0.222 e. The molecule has 0 aromatic rings. The Labute approximate surface area is 420 Å². The van der Waals surface area contributed by atoms with Crippen LogP contribution in [-0.4, -0.2) is 83.0 Å². The second kappa shape index (κ2) is 48.5. The SMILES string of the molecule is CCCCCCCCCCN(CCCCCCCCCC)C(=O)CCCCCCCN(CCCCCCCC(=O)N(CCCCCCCCCC)CCCCCCCCCC)CC1(O)CCC1. The van der Waals surface area contributed by atoms with Crippen LogP contribution in [0.2, 0.25) is 0 Å². The van der Waals surface area contributed by atoms with Crippen molar-refractivity contribution < 1.29 is 14.7 Å². The van der Waals surface area contributed by atoms with Gasteiger partial charge >= 0.3 is 0 Å². The zero-order valence-electron chi connectivity index (χ0n) is 46.3. The maximum absolute atomic E-state index is 13.4. The molecule has 1 N–H and O–H groups in total. The van der Waals surface area contributed by atoms with Crippen LogP contribution < -0.4 is 0 Å². The molecule has 0 unspecified atom stereocenters. The van der Waals surface area contributed by atoms with Crippen molar-refractivity contribution in [1.29, 1.82) is 0 Å². The number of nitrogens with zero attached hydrogens (tertiary/aromatic N) is 3. The van der Waals surface area contributed by atoms with Crippen LogP contribution in [0.4, 0.5) is 0 Å². The molecule has 1 fully saturated rings. The van der Waals surface area contributed by atoms with Crippen LogP contribution in [0.5, 0.6) is 0 Å². The van der Waals surface area contributed by atoms with Crippen molar-refractivity contribution >= 4 is 11.8 Å². The summed E-state index contributed by atoms with van der Waals surface area (Å²) >= 11 is 0. The minimum atomic E-state index is -0.467. The minimum Gasteiger partial charge on any atom is -0.389 e. The highest BCUT2D eigenvalue weighted by Crippen LogP contribution is 2.32. The number of amides is 2. The summed E-state index contributed by atoms with van der Waals surface area (Å²) in [6.45, 7) is 16.0. The zero-order chi connectivity index (χ0) is 48.6. The van der Waals surface area contributed by atoms with E-state index in [9.17, 15) is 14.7 Å². The Balaban J connectivity index is 2.40. The number of carbonyl (C=O) groups excluding carboxylic acids is 2. The Morgan fingerprint density at radius 1 is 0.328 bits per heavy atom. The number of carbonyl (C=O) groups is 2. The van der Waals surface area contributed by atoms with Crippen molar-refractivity contribution in [2.75, 3.05) is 45.8 Å². The highest BCUT2D eigenvalue weighted by atomic mass is 16.3. The number of hydrogen-bond donors (Lipinski definition) is 1. The van der Waals surface area contributed by atoms with E-state index in [-0.39, 0.29) is 0 Å². The average Bonchev–Trinajstić information content (AvgIpc) is 3.31. The fourth-order valence-corrected chi connectivity index (χ4v) is 10.5. The predicted octanol–water partition coefficient (Wildman–Crippen LogP) is 18.1. The third-order valence-corrected chi connectivity index (χ3v) is 15.4. The molecular weight excluding hydrogens is 823 g/mol. The van der Waals surface area contributed by atoms with Crippen molar-refractivity contribution in [3.8, 4) is 0 Å². The van der Waals surface area contributed by atoms with Gasteiger partial charge in [-0.25, -0.2) is 0 Å². The summed E-state index contributed by atoms with van der Waals surface area (Å²) in [6, 6.07) is 0. The molecular formula is C61H121N3O3. The van der Waals surface area contributed by atoms with Gasteiger partial charge in [-0.15, -0.1) is 0 Å². The highest BCUT2D eigenvalue weighted by molar-refractivity contribution is 5.76. The van der Waals surface area contributed by atoms with Crippen LogP contribution in [0.15, 0.2) is 0 Å². The second-order valence-corrected chi connectivity index (χ2v) is 22.1. The molecule has 0 aliphatic heterocycles. The molecule has 0 aromatic carbocycles. The maximum atomic E-state index is 13.4. The molecule has 1 saturated carbocycles.